The largest absolute Gasteiger partial charge is 0.756 e. The van der Waals surface area contributed by atoms with Gasteiger partial charge in [0.05, 0.1) is 39.9 Å². The number of phosphoric acid groups is 1. The zero-order chi connectivity index (χ0) is 59.8. The maximum absolute atomic E-state index is 13.0. The van der Waals surface area contributed by atoms with E-state index < -0.39 is 26.6 Å². The fourth-order valence-electron chi connectivity index (χ4n) is 11.2. The van der Waals surface area contributed by atoms with Crippen LogP contribution in [0.5, 0.6) is 0 Å². The van der Waals surface area contributed by atoms with Gasteiger partial charge >= 0.3 is 0 Å². The summed E-state index contributed by atoms with van der Waals surface area (Å²) < 4.78 is 23.4. The standard InChI is InChI=1S/C73H143N2O6P/c1-6-8-10-12-14-16-18-20-22-24-26-28-30-32-34-36-37-38-39-40-42-44-46-48-50-52-54-56-58-60-62-64-66-72(76)71(70-81-82(78,79)80-69-68-75(3,4)5)74-73(77)67-65-63-61-59-57-55-53-51-49-47-45-43-41-35-33-31-29-27-25-23-21-19-17-15-13-11-9-7-2/h48,50,56,58,64,66,71-72,76H,6-47,49,51-55,57,59-63,65,67-70H2,1-5H3,(H-,74,77,78,79)/b50-48+,58-56+,66-64+. The first-order valence-electron chi connectivity index (χ1n) is 36.4. The Morgan fingerprint density at radius 1 is 0.415 bits per heavy atom. The van der Waals surface area contributed by atoms with Crippen molar-refractivity contribution < 1.29 is 32.9 Å². The van der Waals surface area contributed by atoms with Gasteiger partial charge in [-0.05, 0) is 44.9 Å². The number of carbonyl (C=O) groups is 1. The van der Waals surface area contributed by atoms with Crippen LogP contribution in [0.2, 0.25) is 0 Å². The fourth-order valence-corrected chi connectivity index (χ4v) is 11.9. The van der Waals surface area contributed by atoms with Crippen LogP contribution in [0.15, 0.2) is 36.5 Å². The maximum Gasteiger partial charge on any atom is 0.268 e. The molecule has 0 heterocycles. The van der Waals surface area contributed by atoms with E-state index in [1.54, 1.807) is 6.08 Å². The number of quaternary nitrogens is 1. The molecule has 0 aliphatic rings. The molecule has 0 aromatic rings. The van der Waals surface area contributed by atoms with Gasteiger partial charge < -0.3 is 28.8 Å². The molecular formula is C73H143N2O6P. The number of allylic oxidation sites excluding steroid dienone is 5. The number of aliphatic hydroxyl groups excluding tert-OH is 1. The summed E-state index contributed by atoms with van der Waals surface area (Å²) in [5, 5.41) is 13.9. The molecule has 0 fully saturated rings. The zero-order valence-electron chi connectivity index (χ0n) is 55.7. The van der Waals surface area contributed by atoms with Crippen LogP contribution in [0, 0.1) is 0 Å². The van der Waals surface area contributed by atoms with Crippen molar-refractivity contribution in [2.24, 2.45) is 0 Å². The lowest BCUT2D eigenvalue weighted by molar-refractivity contribution is -0.870. The molecule has 0 radical (unpaired) electrons. The predicted molar refractivity (Wildman–Crippen MR) is 358 cm³/mol. The molecule has 8 nitrogen and oxygen atoms in total. The second kappa shape index (κ2) is 64.2. The molecule has 0 saturated carbocycles. The fraction of sp³-hybridized carbons (Fsp3) is 0.904. The van der Waals surface area contributed by atoms with Crippen LogP contribution in [0.25, 0.3) is 0 Å². The third-order valence-electron chi connectivity index (χ3n) is 16.8. The van der Waals surface area contributed by atoms with E-state index in [4.69, 9.17) is 9.05 Å². The molecule has 0 aliphatic carbocycles. The van der Waals surface area contributed by atoms with Gasteiger partial charge in [-0.25, -0.2) is 0 Å². The molecule has 0 rings (SSSR count). The van der Waals surface area contributed by atoms with Crippen LogP contribution in [0.1, 0.15) is 373 Å². The number of likely N-dealkylation sites (N-methyl/N-ethyl adjacent to an activating group) is 1. The molecule has 486 valence electrons. The summed E-state index contributed by atoms with van der Waals surface area (Å²) in [5.41, 5.74) is 0. The molecule has 3 atom stereocenters. The summed E-state index contributed by atoms with van der Waals surface area (Å²) in [6.45, 7) is 4.69. The van der Waals surface area contributed by atoms with Gasteiger partial charge in [-0.2, -0.15) is 0 Å². The van der Waals surface area contributed by atoms with Crippen molar-refractivity contribution >= 4 is 13.7 Å². The molecule has 0 aliphatic heterocycles. The number of rotatable bonds is 68. The summed E-state index contributed by atoms with van der Waals surface area (Å²) in [6.07, 6.45) is 85.8. The molecular weight excluding hydrogens is 1030 g/mol. The normalized spacial score (nSPS) is 13.8. The third-order valence-corrected chi connectivity index (χ3v) is 17.8. The molecule has 9 heteroatoms. The minimum absolute atomic E-state index is 0.00703. The smallest absolute Gasteiger partial charge is 0.268 e. The highest BCUT2D eigenvalue weighted by atomic mass is 31.2. The van der Waals surface area contributed by atoms with Crippen molar-refractivity contribution in [2.75, 3.05) is 40.9 Å². The molecule has 0 spiro atoms. The van der Waals surface area contributed by atoms with E-state index >= 15 is 0 Å². The Bertz CT molecular complexity index is 1430. The summed E-state index contributed by atoms with van der Waals surface area (Å²) in [5.74, 6) is -0.203. The average molecular weight is 1180 g/mol. The Labute approximate surface area is 512 Å². The van der Waals surface area contributed by atoms with E-state index in [0.29, 0.717) is 17.4 Å². The molecule has 0 aromatic heterocycles. The van der Waals surface area contributed by atoms with Crippen LogP contribution in [-0.4, -0.2) is 68.5 Å². The van der Waals surface area contributed by atoms with Crippen LogP contribution in [-0.2, 0) is 18.4 Å². The van der Waals surface area contributed by atoms with Gasteiger partial charge in [0.1, 0.15) is 13.2 Å². The van der Waals surface area contributed by atoms with Crippen LogP contribution in [0.3, 0.4) is 0 Å². The number of amides is 1. The molecule has 82 heavy (non-hydrogen) atoms. The maximum atomic E-state index is 13.0. The van der Waals surface area contributed by atoms with Crippen molar-refractivity contribution in [3.63, 3.8) is 0 Å². The van der Waals surface area contributed by atoms with E-state index in [9.17, 15) is 19.4 Å². The van der Waals surface area contributed by atoms with Crippen LogP contribution < -0.4 is 10.2 Å². The molecule has 2 N–H and O–H groups in total. The van der Waals surface area contributed by atoms with E-state index in [-0.39, 0.29) is 12.5 Å². The van der Waals surface area contributed by atoms with Gasteiger partial charge in [-0.3, -0.25) is 9.36 Å². The lowest BCUT2D eigenvalue weighted by atomic mass is 10.0. The first-order valence-corrected chi connectivity index (χ1v) is 37.8. The van der Waals surface area contributed by atoms with Crippen molar-refractivity contribution in [2.45, 2.75) is 386 Å². The minimum atomic E-state index is -4.62. The van der Waals surface area contributed by atoms with Gasteiger partial charge in [0.25, 0.3) is 7.82 Å². The Morgan fingerprint density at radius 3 is 0.988 bits per heavy atom. The quantitative estimate of drug-likeness (QED) is 0.0272. The van der Waals surface area contributed by atoms with Gasteiger partial charge in [0, 0.05) is 6.42 Å². The number of aliphatic hydroxyl groups is 1. The Hall–Kier alpha value is -1.28. The second-order valence-electron chi connectivity index (χ2n) is 26.3. The minimum Gasteiger partial charge on any atom is -0.756 e. The Kier molecular flexibility index (Phi) is 63.2. The highest BCUT2D eigenvalue weighted by molar-refractivity contribution is 7.45. The summed E-state index contributed by atoms with van der Waals surface area (Å²) in [6, 6.07) is -0.910. The number of hydrogen-bond acceptors (Lipinski definition) is 6. The topological polar surface area (TPSA) is 108 Å². The number of unbranched alkanes of at least 4 members (excludes halogenated alkanes) is 51. The van der Waals surface area contributed by atoms with E-state index in [2.05, 4.69) is 43.5 Å². The summed E-state index contributed by atoms with van der Waals surface area (Å²) >= 11 is 0. The third kappa shape index (κ3) is 66.2. The first-order chi connectivity index (χ1) is 40.0. The van der Waals surface area contributed by atoms with Crippen LogP contribution in [0.4, 0.5) is 0 Å². The lowest BCUT2D eigenvalue weighted by Crippen LogP contribution is -2.45. The monoisotopic (exact) mass is 1180 g/mol. The van der Waals surface area contributed by atoms with E-state index in [1.165, 1.54) is 308 Å². The number of carbonyl (C=O) groups excluding carboxylic acids is 1. The summed E-state index contributed by atoms with van der Waals surface area (Å²) in [7, 11) is 1.25. The SMILES string of the molecule is CCCCCCCCCCCCCCCCCCCCCCCC/C=C/CC/C=C/CC/C=C/C(O)C(COP(=O)([O-])OCC[N+](C)(C)C)NC(=O)CCCCCCCCCCCCCCCCCCCCCCCCCCCCCC. The highest BCUT2D eigenvalue weighted by Gasteiger charge is 2.23. The molecule has 0 aromatic carbocycles. The number of hydrogen-bond donors (Lipinski definition) is 2. The number of phosphoric ester groups is 1. The van der Waals surface area contributed by atoms with Crippen molar-refractivity contribution in [1.82, 2.24) is 5.32 Å². The Morgan fingerprint density at radius 2 is 0.683 bits per heavy atom. The molecule has 0 bridgehead atoms. The van der Waals surface area contributed by atoms with Crippen molar-refractivity contribution in [3.8, 4) is 0 Å². The summed E-state index contributed by atoms with van der Waals surface area (Å²) in [4.78, 5) is 25.6. The zero-order valence-corrected chi connectivity index (χ0v) is 56.6. The van der Waals surface area contributed by atoms with Crippen LogP contribution >= 0.6 is 7.82 Å². The molecule has 1 amide bonds. The first kappa shape index (κ1) is 80.7. The Balaban J connectivity index is 4.08. The average Bonchev–Trinajstić information content (AvgIpc) is 3.47. The lowest BCUT2D eigenvalue weighted by Gasteiger charge is -2.29. The predicted octanol–water partition coefficient (Wildman–Crippen LogP) is 22.6. The van der Waals surface area contributed by atoms with Gasteiger partial charge in [0.15, 0.2) is 0 Å². The van der Waals surface area contributed by atoms with E-state index in [0.717, 1.165) is 44.9 Å². The van der Waals surface area contributed by atoms with Crippen molar-refractivity contribution in [1.29, 1.82) is 0 Å². The second-order valence-corrected chi connectivity index (χ2v) is 27.7. The molecule has 3 unspecified atom stereocenters. The molecule has 0 saturated heterocycles. The number of nitrogens with zero attached hydrogens (tertiary/aromatic N) is 1. The van der Waals surface area contributed by atoms with E-state index in [1.807, 2.05) is 27.2 Å². The van der Waals surface area contributed by atoms with Gasteiger partial charge in [0.2, 0.25) is 5.91 Å². The van der Waals surface area contributed by atoms with Crippen molar-refractivity contribution in [3.05, 3.63) is 36.5 Å². The number of nitrogens with one attached hydrogen (secondary N) is 1. The van der Waals surface area contributed by atoms with Gasteiger partial charge in [-0.15, -0.1) is 0 Å². The van der Waals surface area contributed by atoms with Gasteiger partial charge in [-0.1, -0.05) is 359 Å². The highest BCUT2D eigenvalue weighted by Crippen LogP contribution is 2.38.